The van der Waals surface area contributed by atoms with Crippen molar-refractivity contribution in [2.24, 2.45) is 0 Å². The minimum Gasteiger partial charge on any atom is -0.457 e. The number of unbranched alkanes of at least 4 members (excludes halogenated alkanes) is 15. The van der Waals surface area contributed by atoms with Crippen molar-refractivity contribution in [3.05, 3.63) is 60.8 Å². The smallest absolute Gasteiger partial charge is 0.306 e. The largest absolute Gasteiger partial charge is 0.457 e. The van der Waals surface area contributed by atoms with Crippen LogP contribution in [-0.4, -0.2) is 142 Å². The SMILES string of the molecule is CC/C=C\C/C=C\C/C=C\CCCCCCCCOCC(COC1OC(COC2OC(CO)C(O)C(O)C2O)C(O)C(O)C1O)OC(=O)CCCCCCC/C=C\C/C=C\CCCCCC. The van der Waals surface area contributed by atoms with Gasteiger partial charge in [-0.15, -0.1) is 0 Å². The first-order valence-corrected chi connectivity index (χ1v) is 25.4. The van der Waals surface area contributed by atoms with Gasteiger partial charge in [-0.2, -0.15) is 0 Å². The van der Waals surface area contributed by atoms with E-state index in [1.54, 1.807) is 0 Å². The molecule has 2 saturated heterocycles. The monoisotopic (exact) mass is 939 g/mol. The summed E-state index contributed by atoms with van der Waals surface area (Å²) in [7, 11) is 0. The molecule has 14 nitrogen and oxygen atoms in total. The Morgan fingerprint density at radius 1 is 0.515 bits per heavy atom. The Balaban J connectivity index is 1.79. The van der Waals surface area contributed by atoms with Gasteiger partial charge in [0.2, 0.25) is 0 Å². The van der Waals surface area contributed by atoms with Crippen LogP contribution in [-0.2, 0) is 33.2 Å². The molecule has 0 aromatic carbocycles. The minimum absolute atomic E-state index is 0.0443. The maximum Gasteiger partial charge on any atom is 0.306 e. The van der Waals surface area contributed by atoms with Gasteiger partial charge in [0.15, 0.2) is 12.6 Å². The fraction of sp³-hybridized carbons (Fsp3) is 0.788. The number of carbonyl (C=O) groups excluding carboxylic acids is 1. The molecule has 0 aromatic heterocycles. The number of carbonyl (C=O) groups is 1. The highest BCUT2D eigenvalue weighted by molar-refractivity contribution is 5.69. The van der Waals surface area contributed by atoms with Crippen molar-refractivity contribution < 1.29 is 69.0 Å². The van der Waals surface area contributed by atoms with Crippen LogP contribution >= 0.6 is 0 Å². The van der Waals surface area contributed by atoms with Crippen LogP contribution in [0.25, 0.3) is 0 Å². The Morgan fingerprint density at radius 3 is 1.55 bits per heavy atom. The number of aliphatic hydroxyl groups is 7. The molecule has 0 radical (unpaired) electrons. The topological polar surface area (TPSA) is 214 Å². The van der Waals surface area contributed by atoms with Crippen LogP contribution in [0.5, 0.6) is 0 Å². The molecule has 14 heteroatoms. The van der Waals surface area contributed by atoms with Gasteiger partial charge in [-0.25, -0.2) is 0 Å². The van der Waals surface area contributed by atoms with E-state index in [9.17, 15) is 40.5 Å². The molecule has 2 aliphatic rings. The fourth-order valence-corrected chi connectivity index (χ4v) is 7.62. The standard InChI is InChI=1S/C52H90O14/c1-3-5-7-9-11-13-15-17-19-21-23-25-27-29-31-33-35-44(54)64-41(38-61-36-34-32-30-28-26-24-22-20-18-16-14-12-10-8-6-4-2)39-62-51-50(60)48(58)46(56)43(66-51)40-63-52-49(59)47(57)45(55)42(37-53)65-52/h6,8,12-15,18-21,41-43,45-53,55-60H,3-5,7,9-11,16-17,22-40H2,1-2H3/b8-6-,14-12-,15-13-,20-18-,21-19-. The Morgan fingerprint density at radius 2 is 0.985 bits per heavy atom. The Labute approximate surface area is 396 Å². The third kappa shape index (κ3) is 27.0. The molecule has 0 aliphatic carbocycles. The lowest BCUT2D eigenvalue weighted by atomic mass is 9.98. The van der Waals surface area contributed by atoms with E-state index in [0.29, 0.717) is 13.0 Å². The highest BCUT2D eigenvalue weighted by Gasteiger charge is 2.47. The van der Waals surface area contributed by atoms with Crippen molar-refractivity contribution in [3.63, 3.8) is 0 Å². The summed E-state index contributed by atoms with van der Waals surface area (Å²) in [6.07, 6.45) is 29.9. The van der Waals surface area contributed by atoms with Gasteiger partial charge >= 0.3 is 5.97 Å². The third-order valence-corrected chi connectivity index (χ3v) is 11.8. The van der Waals surface area contributed by atoms with Crippen LogP contribution < -0.4 is 0 Å². The predicted octanol–water partition coefficient (Wildman–Crippen LogP) is 7.35. The van der Waals surface area contributed by atoms with Gasteiger partial charge in [0, 0.05) is 13.0 Å². The average molecular weight is 939 g/mol. The molecule has 2 heterocycles. The summed E-state index contributed by atoms with van der Waals surface area (Å²) in [6.45, 7) is 3.49. The van der Waals surface area contributed by atoms with E-state index in [2.05, 4.69) is 74.6 Å². The molecule has 11 unspecified atom stereocenters. The summed E-state index contributed by atoms with van der Waals surface area (Å²) < 4.78 is 34.2. The molecule has 7 N–H and O–H groups in total. The average Bonchev–Trinajstić information content (AvgIpc) is 3.31. The quantitative estimate of drug-likeness (QED) is 0.0183. The summed E-state index contributed by atoms with van der Waals surface area (Å²) in [6, 6.07) is 0. The number of esters is 1. The summed E-state index contributed by atoms with van der Waals surface area (Å²) in [5, 5.41) is 72.1. The second-order valence-electron chi connectivity index (χ2n) is 17.6. The van der Waals surface area contributed by atoms with Crippen LogP contribution in [0.2, 0.25) is 0 Å². The zero-order chi connectivity index (χ0) is 48.0. The number of rotatable bonds is 39. The number of aliphatic hydroxyl groups excluding tert-OH is 7. The van der Waals surface area contributed by atoms with E-state index >= 15 is 0 Å². The molecule has 11 atom stereocenters. The number of hydrogen-bond donors (Lipinski definition) is 7. The summed E-state index contributed by atoms with van der Waals surface area (Å²) in [5.41, 5.74) is 0. The van der Waals surface area contributed by atoms with Crippen molar-refractivity contribution in [1.82, 2.24) is 0 Å². The number of hydrogen-bond acceptors (Lipinski definition) is 14. The fourth-order valence-electron chi connectivity index (χ4n) is 7.62. The van der Waals surface area contributed by atoms with E-state index in [4.69, 9.17) is 28.4 Å². The van der Waals surface area contributed by atoms with Gasteiger partial charge in [-0.3, -0.25) is 4.79 Å². The van der Waals surface area contributed by atoms with Crippen LogP contribution in [0.3, 0.4) is 0 Å². The molecule has 2 aliphatic heterocycles. The molecular weight excluding hydrogens is 849 g/mol. The molecule has 0 amide bonds. The molecule has 0 aromatic rings. The predicted molar refractivity (Wildman–Crippen MR) is 256 cm³/mol. The first-order chi connectivity index (χ1) is 32.1. The van der Waals surface area contributed by atoms with Gasteiger partial charge < -0.3 is 64.2 Å². The highest BCUT2D eigenvalue weighted by Crippen LogP contribution is 2.26. The van der Waals surface area contributed by atoms with Gasteiger partial charge in [-0.1, -0.05) is 139 Å². The van der Waals surface area contributed by atoms with E-state index in [0.717, 1.165) is 96.3 Å². The molecule has 2 rings (SSSR count). The first kappa shape index (κ1) is 59.8. The van der Waals surface area contributed by atoms with Crippen LogP contribution in [0.15, 0.2) is 60.8 Å². The normalized spacial score (nSPS) is 26.8. The molecule has 0 bridgehead atoms. The zero-order valence-electron chi connectivity index (χ0n) is 40.4. The Bertz CT molecular complexity index is 1320. The Kier molecular flexibility index (Phi) is 35.8. The molecule has 382 valence electrons. The number of allylic oxidation sites excluding steroid dienone is 10. The molecule has 66 heavy (non-hydrogen) atoms. The summed E-state index contributed by atoms with van der Waals surface area (Å²) >= 11 is 0. The van der Waals surface area contributed by atoms with Crippen molar-refractivity contribution in [2.75, 3.05) is 33.0 Å². The minimum atomic E-state index is -1.71. The van der Waals surface area contributed by atoms with Gasteiger partial charge in [0.05, 0.1) is 26.4 Å². The van der Waals surface area contributed by atoms with E-state index < -0.39 is 86.7 Å². The van der Waals surface area contributed by atoms with Gasteiger partial charge in [0.1, 0.15) is 54.9 Å². The van der Waals surface area contributed by atoms with E-state index in [1.165, 1.54) is 38.5 Å². The lowest BCUT2D eigenvalue weighted by Crippen LogP contribution is -2.61. The summed E-state index contributed by atoms with van der Waals surface area (Å²) in [5.74, 6) is -0.397. The van der Waals surface area contributed by atoms with Gasteiger partial charge in [0.25, 0.3) is 0 Å². The van der Waals surface area contributed by atoms with Crippen molar-refractivity contribution in [3.8, 4) is 0 Å². The van der Waals surface area contributed by atoms with Crippen LogP contribution in [0.1, 0.15) is 162 Å². The van der Waals surface area contributed by atoms with Crippen molar-refractivity contribution >= 4 is 5.97 Å². The number of ether oxygens (including phenoxy) is 6. The second kappa shape index (κ2) is 39.5. The summed E-state index contributed by atoms with van der Waals surface area (Å²) in [4.78, 5) is 13.0. The van der Waals surface area contributed by atoms with Crippen LogP contribution in [0.4, 0.5) is 0 Å². The third-order valence-electron chi connectivity index (χ3n) is 11.8. The molecule has 2 fully saturated rings. The van der Waals surface area contributed by atoms with Gasteiger partial charge in [-0.05, 0) is 77.0 Å². The van der Waals surface area contributed by atoms with E-state index in [-0.39, 0.29) is 19.6 Å². The Hall–Kier alpha value is -2.31. The molecule has 0 saturated carbocycles. The van der Waals surface area contributed by atoms with Crippen molar-refractivity contribution in [2.45, 2.75) is 229 Å². The lowest BCUT2D eigenvalue weighted by Gasteiger charge is -2.42. The van der Waals surface area contributed by atoms with Crippen molar-refractivity contribution in [1.29, 1.82) is 0 Å². The van der Waals surface area contributed by atoms with Crippen LogP contribution in [0, 0.1) is 0 Å². The first-order valence-electron chi connectivity index (χ1n) is 25.4. The second-order valence-corrected chi connectivity index (χ2v) is 17.6. The molecular formula is C52H90O14. The highest BCUT2D eigenvalue weighted by atomic mass is 16.7. The maximum absolute atomic E-state index is 13.0. The zero-order valence-corrected chi connectivity index (χ0v) is 40.4. The molecule has 0 spiro atoms. The lowest BCUT2D eigenvalue weighted by molar-refractivity contribution is -0.332. The van der Waals surface area contributed by atoms with E-state index in [1.807, 2.05) is 0 Å². The maximum atomic E-state index is 13.0.